The van der Waals surface area contributed by atoms with E-state index in [2.05, 4.69) is 34.4 Å². The zero-order valence-corrected chi connectivity index (χ0v) is 16.9. The fourth-order valence-corrected chi connectivity index (χ4v) is 3.00. The summed E-state index contributed by atoms with van der Waals surface area (Å²) >= 11 is 0. The van der Waals surface area contributed by atoms with Crippen molar-refractivity contribution in [2.45, 2.75) is 25.9 Å². The number of carbonyl (C=O) groups is 1. The Bertz CT molecular complexity index is 932. The van der Waals surface area contributed by atoms with Crippen LogP contribution >= 0.6 is 0 Å². The molecular formula is C21H27N5O3. The second-order valence-electron chi connectivity index (χ2n) is 7.27. The number of hydrogen-bond donors (Lipinski definition) is 3. The minimum absolute atomic E-state index is 0.0138. The van der Waals surface area contributed by atoms with Crippen molar-refractivity contribution in [3.8, 4) is 17.0 Å². The summed E-state index contributed by atoms with van der Waals surface area (Å²) in [6.07, 6.45) is 6.75. The van der Waals surface area contributed by atoms with E-state index >= 15 is 0 Å². The number of pyridine rings is 2. The second kappa shape index (κ2) is 9.38. The molecule has 29 heavy (non-hydrogen) atoms. The number of nitrogens with zero attached hydrogens (tertiary/aromatic N) is 2. The smallest absolute Gasteiger partial charge is 0.271 e. The van der Waals surface area contributed by atoms with Crippen LogP contribution in [0.4, 0.5) is 5.69 Å². The molecule has 1 saturated heterocycles. The maximum Gasteiger partial charge on any atom is 0.271 e. The molecule has 1 amide bonds. The largest absolute Gasteiger partial charge is 0.481 e. The number of hydrogen-bond acceptors (Lipinski definition) is 6. The lowest BCUT2D eigenvalue weighted by atomic mass is 10.1. The standard InChI is InChI=1S/C21H27N5O3/c1-14(2)22-7-4-5-20(27)26-12-17(13-26)25-18-9-16(11-24-21(18)28)15-6-8-23-19(10-15)29-3/h4-6,8-11,14,17,22,25H,7,12-13H2,1-3H3,(H,24,28)/b5-4+. The zero-order chi connectivity index (χ0) is 20.8. The average Bonchev–Trinajstić information content (AvgIpc) is 2.68. The van der Waals surface area contributed by atoms with E-state index in [0.717, 1.165) is 11.1 Å². The summed E-state index contributed by atoms with van der Waals surface area (Å²) in [4.78, 5) is 32.9. The van der Waals surface area contributed by atoms with Gasteiger partial charge in [0.05, 0.1) is 13.2 Å². The molecule has 0 atom stereocenters. The molecule has 0 saturated carbocycles. The molecule has 1 fully saturated rings. The summed E-state index contributed by atoms with van der Waals surface area (Å²) in [5, 5.41) is 6.46. The summed E-state index contributed by atoms with van der Waals surface area (Å²) in [6.45, 7) is 5.91. The number of likely N-dealkylation sites (tertiary alicyclic amines) is 1. The van der Waals surface area contributed by atoms with Crippen LogP contribution in [0.15, 0.2) is 47.5 Å². The Morgan fingerprint density at radius 3 is 2.90 bits per heavy atom. The van der Waals surface area contributed by atoms with E-state index in [1.54, 1.807) is 36.5 Å². The van der Waals surface area contributed by atoms with E-state index in [4.69, 9.17) is 4.74 Å². The SMILES string of the molecule is COc1cc(-c2c[nH]c(=O)c(NC3CN(C(=O)/C=C/CNC(C)C)C3)c2)ccn1. The van der Waals surface area contributed by atoms with Gasteiger partial charge in [0, 0.05) is 55.8 Å². The topological polar surface area (TPSA) is 99.4 Å². The monoisotopic (exact) mass is 397 g/mol. The lowest BCUT2D eigenvalue weighted by Gasteiger charge is -2.39. The first-order valence-corrected chi connectivity index (χ1v) is 9.64. The predicted molar refractivity (Wildman–Crippen MR) is 113 cm³/mol. The zero-order valence-electron chi connectivity index (χ0n) is 16.9. The Hall–Kier alpha value is -3.13. The Balaban J connectivity index is 1.58. The van der Waals surface area contributed by atoms with Gasteiger partial charge in [0.1, 0.15) is 5.69 Å². The number of anilines is 1. The number of aromatic amines is 1. The van der Waals surface area contributed by atoms with Crippen molar-refractivity contribution in [1.82, 2.24) is 20.2 Å². The molecule has 0 aromatic carbocycles. The van der Waals surface area contributed by atoms with Gasteiger partial charge in [-0.05, 0) is 17.7 Å². The van der Waals surface area contributed by atoms with Crippen LogP contribution in [0.25, 0.3) is 11.1 Å². The number of H-pyrrole nitrogens is 1. The van der Waals surface area contributed by atoms with Gasteiger partial charge in [-0.1, -0.05) is 19.9 Å². The number of nitrogens with one attached hydrogen (secondary N) is 3. The molecule has 154 valence electrons. The number of rotatable bonds is 8. The van der Waals surface area contributed by atoms with E-state index < -0.39 is 0 Å². The van der Waals surface area contributed by atoms with Crippen molar-refractivity contribution in [3.63, 3.8) is 0 Å². The summed E-state index contributed by atoms with van der Waals surface area (Å²) in [6, 6.07) is 5.89. The molecule has 0 spiro atoms. The number of carbonyl (C=O) groups excluding carboxylic acids is 1. The van der Waals surface area contributed by atoms with Crippen LogP contribution in [-0.4, -0.2) is 59.6 Å². The molecule has 0 radical (unpaired) electrons. The molecule has 2 aromatic heterocycles. The Morgan fingerprint density at radius 2 is 2.17 bits per heavy atom. The number of aromatic nitrogens is 2. The van der Waals surface area contributed by atoms with Crippen LogP contribution in [0.1, 0.15) is 13.8 Å². The molecule has 1 aliphatic heterocycles. The third kappa shape index (κ3) is 5.45. The highest BCUT2D eigenvalue weighted by atomic mass is 16.5. The number of methoxy groups -OCH3 is 1. The van der Waals surface area contributed by atoms with Gasteiger partial charge in [0.25, 0.3) is 5.56 Å². The van der Waals surface area contributed by atoms with Gasteiger partial charge in [0.15, 0.2) is 0 Å². The molecule has 8 heteroatoms. The van der Waals surface area contributed by atoms with E-state index in [-0.39, 0.29) is 17.5 Å². The molecular weight excluding hydrogens is 370 g/mol. The summed E-state index contributed by atoms with van der Waals surface area (Å²) in [7, 11) is 1.56. The third-order valence-corrected chi connectivity index (χ3v) is 4.64. The van der Waals surface area contributed by atoms with Crippen LogP contribution in [-0.2, 0) is 4.79 Å². The molecule has 1 aliphatic rings. The van der Waals surface area contributed by atoms with E-state index in [0.29, 0.717) is 37.2 Å². The Labute approximate surface area is 170 Å². The minimum Gasteiger partial charge on any atom is -0.481 e. The van der Waals surface area contributed by atoms with Crippen molar-refractivity contribution in [3.05, 3.63) is 53.1 Å². The van der Waals surface area contributed by atoms with Crippen molar-refractivity contribution >= 4 is 11.6 Å². The lowest BCUT2D eigenvalue weighted by molar-refractivity contribution is -0.129. The minimum atomic E-state index is -0.195. The highest BCUT2D eigenvalue weighted by molar-refractivity contribution is 5.88. The number of amides is 1. The number of ether oxygens (including phenoxy) is 1. The van der Waals surface area contributed by atoms with Crippen LogP contribution in [0.5, 0.6) is 5.88 Å². The molecule has 0 bridgehead atoms. The molecule has 0 aliphatic carbocycles. The first-order chi connectivity index (χ1) is 14.0. The highest BCUT2D eigenvalue weighted by Crippen LogP contribution is 2.23. The van der Waals surface area contributed by atoms with Crippen LogP contribution in [0, 0.1) is 0 Å². The highest BCUT2D eigenvalue weighted by Gasteiger charge is 2.29. The molecule has 8 nitrogen and oxygen atoms in total. The predicted octanol–water partition coefficient (Wildman–Crippen LogP) is 1.62. The van der Waals surface area contributed by atoms with Crippen molar-refractivity contribution < 1.29 is 9.53 Å². The maximum absolute atomic E-state index is 12.2. The second-order valence-corrected chi connectivity index (χ2v) is 7.27. The molecule has 3 rings (SSSR count). The quantitative estimate of drug-likeness (QED) is 0.586. The van der Waals surface area contributed by atoms with Gasteiger partial charge in [-0.2, -0.15) is 0 Å². The van der Waals surface area contributed by atoms with Crippen molar-refractivity contribution in [1.29, 1.82) is 0 Å². The van der Waals surface area contributed by atoms with Crippen LogP contribution in [0.2, 0.25) is 0 Å². The van der Waals surface area contributed by atoms with Gasteiger partial charge in [0.2, 0.25) is 11.8 Å². The summed E-state index contributed by atoms with van der Waals surface area (Å²) in [5.74, 6) is 0.494. The Kier molecular flexibility index (Phi) is 6.66. The van der Waals surface area contributed by atoms with Gasteiger partial charge in [-0.15, -0.1) is 0 Å². The third-order valence-electron chi connectivity index (χ3n) is 4.64. The lowest BCUT2D eigenvalue weighted by Crippen LogP contribution is -2.57. The van der Waals surface area contributed by atoms with Crippen LogP contribution in [0.3, 0.4) is 0 Å². The first-order valence-electron chi connectivity index (χ1n) is 9.64. The Morgan fingerprint density at radius 1 is 1.38 bits per heavy atom. The van der Waals surface area contributed by atoms with Gasteiger partial charge < -0.3 is 25.3 Å². The van der Waals surface area contributed by atoms with E-state index in [1.165, 1.54) is 0 Å². The summed E-state index contributed by atoms with van der Waals surface area (Å²) in [5.41, 5.74) is 2.02. The molecule has 0 unspecified atom stereocenters. The summed E-state index contributed by atoms with van der Waals surface area (Å²) < 4.78 is 5.16. The van der Waals surface area contributed by atoms with Crippen molar-refractivity contribution in [2.75, 3.05) is 32.1 Å². The fourth-order valence-electron chi connectivity index (χ4n) is 3.00. The van der Waals surface area contributed by atoms with Crippen molar-refractivity contribution in [2.24, 2.45) is 0 Å². The van der Waals surface area contributed by atoms with Crippen LogP contribution < -0.4 is 20.9 Å². The normalized spacial score (nSPS) is 14.3. The fraction of sp³-hybridized carbons (Fsp3) is 0.381. The molecule has 3 heterocycles. The van der Waals surface area contributed by atoms with Gasteiger partial charge >= 0.3 is 0 Å². The maximum atomic E-state index is 12.2. The van der Waals surface area contributed by atoms with E-state index in [9.17, 15) is 9.59 Å². The molecule has 2 aromatic rings. The van der Waals surface area contributed by atoms with Gasteiger partial charge in [-0.25, -0.2) is 4.98 Å². The molecule has 3 N–H and O–H groups in total. The van der Waals surface area contributed by atoms with E-state index in [1.807, 2.05) is 18.2 Å². The van der Waals surface area contributed by atoms with Gasteiger partial charge in [-0.3, -0.25) is 9.59 Å². The first kappa shape index (κ1) is 20.6. The average molecular weight is 397 g/mol.